The van der Waals surface area contributed by atoms with E-state index in [2.05, 4.69) is 66.7 Å². The summed E-state index contributed by atoms with van der Waals surface area (Å²) in [4.78, 5) is 0. The van der Waals surface area contributed by atoms with Crippen molar-refractivity contribution in [3.05, 3.63) is 40.2 Å². The lowest BCUT2D eigenvalue weighted by Gasteiger charge is -2.39. The summed E-state index contributed by atoms with van der Waals surface area (Å²) in [6.07, 6.45) is 18.7. The lowest BCUT2D eigenvalue weighted by atomic mass is 10.0. The van der Waals surface area contributed by atoms with Gasteiger partial charge in [-0.3, -0.25) is 0 Å². The molecule has 2 unspecified atom stereocenters. The minimum atomic E-state index is -0.0812. The predicted molar refractivity (Wildman–Crippen MR) is 141 cm³/mol. The first-order valence-corrected chi connectivity index (χ1v) is 13.1. The van der Waals surface area contributed by atoms with E-state index < -0.39 is 0 Å². The van der Waals surface area contributed by atoms with Crippen LogP contribution in [0.25, 0.3) is 0 Å². The largest absolute Gasteiger partial charge is 0.633 e. The number of allylic oxidation sites excluding steroid dienone is 6. The second-order valence-electron chi connectivity index (χ2n) is 11.4. The van der Waals surface area contributed by atoms with Gasteiger partial charge in [-0.05, 0) is 98.3 Å². The summed E-state index contributed by atoms with van der Waals surface area (Å²) in [7, 11) is 1.84. The summed E-state index contributed by atoms with van der Waals surface area (Å²) in [5.74, 6) is 0.693. The number of epoxide rings is 1. The zero-order valence-corrected chi connectivity index (χ0v) is 22.6. The van der Waals surface area contributed by atoms with Gasteiger partial charge in [0.25, 0.3) is 0 Å². The van der Waals surface area contributed by atoms with E-state index in [4.69, 9.17) is 4.74 Å². The molecule has 1 heterocycles. The van der Waals surface area contributed by atoms with Crippen molar-refractivity contribution in [3.8, 4) is 0 Å². The zero-order chi connectivity index (χ0) is 24.2. The van der Waals surface area contributed by atoms with Crippen LogP contribution in [0.4, 0.5) is 0 Å². The van der Waals surface area contributed by atoms with Crippen LogP contribution in [0, 0.1) is 11.1 Å². The first-order valence-electron chi connectivity index (χ1n) is 13.1. The highest BCUT2D eigenvalue weighted by Crippen LogP contribution is 2.38. The Kier molecular flexibility index (Phi) is 13.1. The normalized spacial score (nSPS) is 21.2. The Hall–Kier alpha value is -0.900. The van der Waals surface area contributed by atoms with Crippen LogP contribution < -0.4 is 0 Å². The second-order valence-corrected chi connectivity index (χ2v) is 11.4. The number of hydroxylamine groups is 3. The van der Waals surface area contributed by atoms with Crippen molar-refractivity contribution < 1.29 is 9.38 Å². The lowest BCUT2D eigenvalue weighted by molar-refractivity contribution is -0.861. The Morgan fingerprint density at radius 1 is 0.875 bits per heavy atom. The van der Waals surface area contributed by atoms with Crippen molar-refractivity contribution in [2.75, 3.05) is 20.1 Å². The monoisotopic (exact) mass is 447 g/mol. The number of rotatable bonds is 17. The third-order valence-electron chi connectivity index (χ3n) is 6.76. The molecule has 1 saturated heterocycles. The summed E-state index contributed by atoms with van der Waals surface area (Å²) in [5, 5.41) is 12.5. The Morgan fingerprint density at radius 2 is 1.38 bits per heavy atom. The molecule has 0 N–H and O–H groups in total. The molecule has 0 spiro atoms. The minimum Gasteiger partial charge on any atom is -0.633 e. The van der Waals surface area contributed by atoms with E-state index in [1.807, 2.05) is 7.05 Å². The average Bonchev–Trinajstić information content (AvgIpc) is 3.29. The molecule has 0 saturated carbocycles. The second kappa shape index (κ2) is 14.4. The van der Waals surface area contributed by atoms with Crippen molar-refractivity contribution >= 4 is 0 Å². The van der Waals surface area contributed by atoms with Gasteiger partial charge in [0.15, 0.2) is 0 Å². The molecule has 0 aromatic carbocycles. The van der Waals surface area contributed by atoms with Gasteiger partial charge in [0, 0.05) is 6.42 Å². The molecule has 2 atom stereocenters. The number of unbranched alkanes of at least 4 members (excludes halogenated alkanes) is 1. The molecule has 0 bridgehead atoms. The molecule has 3 heteroatoms. The van der Waals surface area contributed by atoms with Gasteiger partial charge in [-0.2, -0.15) is 0 Å². The van der Waals surface area contributed by atoms with Crippen molar-refractivity contribution in [1.82, 2.24) is 0 Å². The van der Waals surface area contributed by atoms with E-state index in [0.29, 0.717) is 12.0 Å². The van der Waals surface area contributed by atoms with Crippen molar-refractivity contribution in [2.45, 2.75) is 124 Å². The van der Waals surface area contributed by atoms with E-state index >= 15 is 0 Å². The fraction of sp³-hybridized carbons (Fsp3) is 0.793. The Morgan fingerprint density at radius 3 is 1.94 bits per heavy atom. The molecule has 32 heavy (non-hydrogen) atoms. The fourth-order valence-corrected chi connectivity index (χ4v) is 4.25. The van der Waals surface area contributed by atoms with Crippen LogP contribution in [0.3, 0.4) is 0 Å². The predicted octanol–water partition coefficient (Wildman–Crippen LogP) is 8.50. The van der Waals surface area contributed by atoms with Gasteiger partial charge in [0.1, 0.15) is 0 Å². The summed E-state index contributed by atoms with van der Waals surface area (Å²) in [6.45, 7) is 17.0. The quantitative estimate of drug-likeness (QED) is 0.0736. The molecule has 1 fully saturated rings. The van der Waals surface area contributed by atoms with Crippen molar-refractivity contribution in [1.29, 1.82) is 0 Å². The number of nitrogens with zero attached hydrogens (tertiary/aromatic N) is 1. The van der Waals surface area contributed by atoms with Crippen LogP contribution in [-0.4, -0.2) is 36.5 Å². The lowest BCUT2D eigenvalue weighted by Crippen LogP contribution is -2.39. The summed E-state index contributed by atoms with van der Waals surface area (Å²) >= 11 is 0. The Balaban J connectivity index is 2.14. The van der Waals surface area contributed by atoms with Gasteiger partial charge in [-0.25, -0.2) is 0 Å². The molecular weight excluding hydrogens is 394 g/mol. The molecule has 1 aliphatic heterocycles. The molecule has 3 nitrogen and oxygen atoms in total. The van der Waals surface area contributed by atoms with Crippen LogP contribution in [0.5, 0.6) is 0 Å². The summed E-state index contributed by atoms with van der Waals surface area (Å²) < 4.78 is 5.59. The van der Waals surface area contributed by atoms with E-state index in [-0.39, 0.29) is 10.2 Å². The van der Waals surface area contributed by atoms with Gasteiger partial charge in [0.05, 0.1) is 31.8 Å². The van der Waals surface area contributed by atoms with E-state index in [9.17, 15) is 5.21 Å². The van der Waals surface area contributed by atoms with Crippen LogP contribution in [0.1, 0.15) is 113 Å². The first-order chi connectivity index (χ1) is 14.9. The molecule has 0 aromatic heterocycles. The van der Waals surface area contributed by atoms with Gasteiger partial charge in [-0.1, -0.05) is 48.8 Å². The smallest absolute Gasteiger partial charge is 0.0892 e. The van der Waals surface area contributed by atoms with Crippen molar-refractivity contribution in [2.24, 2.45) is 5.92 Å². The summed E-state index contributed by atoms with van der Waals surface area (Å²) in [6, 6.07) is 0. The minimum absolute atomic E-state index is 0.0812. The maximum absolute atomic E-state index is 12.5. The molecular formula is C29H53NO2. The first kappa shape index (κ1) is 29.1. The molecule has 0 aliphatic carbocycles. The topological polar surface area (TPSA) is 35.6 Å². The van der Waals surface area contributed by atoms with Crippen LogP contribution in [-0.2, 0) is 4.74 Å². The average molecular weight is 448 g/mol. The fourth-order valence-electron chi connectivity index (χ4n) is 4.25. The van der Waals surface area contributed by atoms with Gasteiger partial charge < -0.3 is 14.6 Å². The number of hydrogen-bond acceptors (Lipinski definition) is 2. The van der Waals surface area contributed by atoms with Gasteiger partial charge >= 0.3 is 0 Å². The molecule has 0 aromatic rings. The molecule has 186 valence electrons. The highest BCUT2D eigenvalue weighted by Gasteiger charge is 2.46. The summed E-state index contributed by atoms with van der Waals surface area (Å²) in [5.41, 5.74) is 4.54. The highest BCUT2D eigenvalue weighted by molar-refractivity contribution is 5.06. The van der Waals surface area contributed by atoms with Gasteiger partial charge in [0.2, 0.25) is 0 Å². The zero-order valence-electron chi connectivity index (χ0n) is 22.6. The third-order valence-corrected chi connectivity index (χ3v) is 6.76. The van der Waals surface area contributed by atoms with Crippen molar-refractivity contribution in [3.63, 3.8) is 0 Å². The van der Waals surface area contributed by atoms with Gasteiger partial charge in [-0.15, -0.1) is 0 Å². The molecule has 1 aliphatic rings. The van der Waals surface area contributed by atoms with E-state index in [1.165, 1.54) is 16.7 Å². The van der Waals surface area contributed by atoms with E-state index in [1.54, 1.807) is 0 Å². The standard InChI is InChI=1S/C29H53NO2/c1-24(2)14-12-22-30(8,31)23-13-19-26(4)16-10-9-15-25(3)17-11-18-27(5)20-21-28-29(6,7)32-28/h15-16,18,24,28H,9-14,17,19-23H2,1-8H3/b25-15+,26-16+,27-18+. The molecule has 0 amide bonds. The van der Waals surface area contributed by atoms with Crippen LogP contribution in [0.15, 0.2) is 34.9 Å². The Labute approximate surface area is 200 Å². The number of ether oxygens (including phenoxy) is 1. The molecule has 1 rings (SSSR count). The van der Waals surface area contributed by atoms with Crippen LogP contribution >= 0.6 is 0 Å². The maximum atomic E-state index is 12.5. The SMILES string of the molecule is C/C(=C\CC/C=C(\C)CCC[N+](C)([O-])CCCC(C)C)CC/C=C(\C)CCC1OC1(C)C. The van der Waals surface area contributed by atoms with Crippen LogP contribution in [0.2, 0.25) is 0 Å². The number of quaternary nitrogens is 1. The third kappa shape index (κ3) is 14.3. The number of hydrogen-bond donors (Lipinski definition) is 0. The Bertz CT molecular complexity index is 625. The highest BCUT2D eigenvalue weighted by atomic mass is 16.6. The molecule has 0 radical (unpaired) electrons. The van der Waals surface area contributed by atoms with E-state index in [0.717, 1.165) is 77.3 Å². The maximum Gasteiger partial charge on any atom is 0.0892 e.